The number of hydrogen-bond donors (Lipinski definition) is 1. The topological polar surface area (TPSA) is 60.3 Å². The van der Waals surface area contributed by atoms with Gasteiger partial charge < -0.3 is 14.6 Å². The van der Waals surface area contributed by atoms with Crippen molar-refractivity contribution in [2.45, 2.75) is 46.4 Å². The number of pyridine rings is 1. The van der Waals surface area contributed by atoms with E-state index in [0.717, 1.165) is 23.1 Å². The Bertz CT molecular complexity index is 1110. The molecule has 0 saturated carbocycles. The van der Waals surface area contributed by atoms with Gasteiger partial charge in [0.15, 0.2) is 0 Å². The minimum atomic E-state index is -0.347. The molecule has 5 nitrogen and oxygen atoms in total. The van der Waals surface area contributed by atoms with Crippen LogP contribution < -0.4 is 15.5 Å². The molecular formula is C23H24N2O3. The van der Waals surface area contributed by atoms with Crippen LogP contribution in [-0.2, 0) is 13.1 Å². The Labute approximate surface area is 163 Å². The number of carbonyl (C=O) groups excluding carboxylic acids is 1. The lowest BCUT2D eigenvalue weighted by Gasteiger charge is -2.28. The van der Waals surface area contributed by atoms with Crippen LogP contribution in [0, 0.1) is 13.8 Å². The molecule has 1 aliphatic heterocycles. The van der Waals surface area contributed by atoms with Crippen molar-refractivity contribution >= 4 is 16.8 Å². The molecule has 2 heterocycles. The van der Waals surface area contributed by atoms with E-state index >= 15 is 0 Å². The van der Waals surface area contributed by atoms with Crippen molar-refractivity contribution in [2.24, 2.45) is 0 Å². The third kappa shape index (κ3) is 3.17. The average Bonchev–Trinajstić information content (AvgIpc) is 2.70. The second-order valence-electron chi connectivity index (χ2n) is 7.44. The molecular weight excluding hydrogens is 352 g/mol. The predicted molar refractivity (Wildman–Crippen MR) is 110 cm³/mol. The molecule has 4 rings (SSSR count). The SMILES string of the molecule is CCC1Cn2cc(C(=O)NCc3ccc(C)cc3)c(=O)c3c(C)ccc(c32)O1. The van der Waals surface area contributed by atoms with Gasteiger partial charge in [-0.3, -0.25) is 9.59 Å². The van der Waals surface area contributed by atoms with Gasteiger partial charge in [0.2, 0.25) is 5.43 Å². The van der Waals surface area contributed by atoms with Crippen LogP contribution in [0.1, 0.15) is 40.4 Å². The summed E-state index contributed by atoms with van der Waals surface area (Å²) in [5.41, 5.74) is 3.73. The Morgan fingerprint density at radius 3 is 2.64 bits per heavy atom. The third-order valence-corrected chi connectivity index (χ3v) is 5.36. The number of carbonyl (C=O) groups is 1. The lowest BCUT2D eigenvalue weighted by Crippen LogP contribution is -2.33. The van der Waals surface area contributed by atoms with Crippen LogP contribution in [0.2, 0.25) is 0 Å². The van der Waals surface area contributed by atoms with Gasteiger partial charge in [0.05, 0.1) is 17.4 Å². The van der Waals surface area contributed by atoms with Crippen LogP contribution in [0.4, 0.5) is 0 Å². The smallest absolute Gasteiger partial charge is 0.257 e. The van der Waals surface area contributed by atoms with Gasteiger partial charge in [-0.1, -0.05) is 42.8 Å². The number of aryl methyl sites for hydroxylation is 2. The minimum absolute atomic E-state index is 0.0318. The fraction of sp³-hybridized carbons (Fsp3) is 0.304. The summed E-state index contributed by atoms with van der Waals surface area (Å²) in [5.74, 6) is 0.364. The first-order valence-electron chi connectivity index (χ1n) is 9.65. The number of nitrogens with zero attached hydrogens (tertiary/aromatic N) is 1. The zero-order chi connectivity index (χ0) is 19.8. The molecule has 0 aliphatic carbocycles. The molecule has 28 heavy (non-hydrogen) atoms. The number of hydrogen-bond acceptors (Lipinski definition) is 3. The highest BCUT2D eigenvalue weighted by atomic mass is 16.5. The second kappa shape index (κ2) is 7.15. The van der Waals surface area contributed by atoms with Gasteiger partial charge >= 0.3 is 0 Å². The molecule has 144 valence electrons. The third-order valence-electron chi connectivity index (χ3n) is 5.36. The maximum Gasteiger partial charge on any atom is 0.257 e. The first-order valence-corrected chi connectivity index (χ1v) is 9.65. The van der Waals surface area contributed by atoms with Crippen LogP contribution in [0.25, 0.3) is 10.9 Å². The van der Waals surface area contributed by atoms with Crippen molar-refractivity contribution in [1.82, 2.24) is 9.88 Å². The van der Waals surface area contributed by atoms with E-state index in [9.17, 15) is 9.59 Å². The van der Waals surface area contributed by atoms with Gasteiger partial charge in [-0.05, 0) is 37.5 Å². The largest absolute Gasteiger partial charge is 0.486 e. The molecule has 1 aliphatic rings. The average molecular weight is 376 g/mol. The summed E-state index contributed by atoms with van der Waals surface area (Å²) >= 11 is 0. The highest BCUT2D eigenvalue weighted by molar-refractivity contribution is 5.99. The molecule has 3 aromatic rings. The van der Waals surface area contributed by atoms with Gasteiger partial charge in [-0.25, -0.2) is 0 Å². The van der Waals surface area contributed by atoms with E-state index in [2.05, 4.69) is 12.2 Å². The summed E-state index contributed by atoms with van der Waals surface area (Å²) in [4.78, 5) is 25.9. The Morgan fingerprint density at radius 2 is 1.93 bits per heavy atom. The van der Waals surface area contributed by atoms with Crippen molar-refractivity contribution in [1.29, 1.82) is 0 Å². The molecule has 0 bridgehead atoms. The molecule has 1 unspecified atom stereocenters. The highest BCUT2D eigenvalue weighted by Crippen LogP contribution is 2.32. The normalized spacial score (nSPS) is 15.3. The molecule has 0 fully saturated rings. The molecule has 1 aromatic heterocycles. The van der Waals surface area contributed by atoms with Crippen molar-refractivity contribution in [3.8, 4) is 5.75 Å². The minimum Gasteiger partial charge on any atom is -0.486 e. The van der Waals surface area contributed by atoms with Gasteiger partial charge in [0.1, 0.15) is 17.4 Å². The lowest BCUT2D eigenvalue weighted by molar-refractivity contribution is 0.0948. The van der Waals surface area contributed by atoms with Crippen molar-refractivity contribution in [2.75, 3.05) is 0 Å². The molecule has 0 saturated heterocycles. The van der Waals surface area contributed by atoms with Crippen LogP contribution in [0.15, 0.2) is 47.4 Å². The Balaban J connectivity index is 1.72. The van der Waals surface area contributed by atoms with Gasteiger partial charge in [-0.2, -0.15) is 0 Å². The number of ether oxygens (including phenoxy) is 1. The number of aromatic nitrogens is 1. The second-order valence-corrected chi connectivity index (χ2v) is 7.44. The molecule has 5 heteroatoms. The Kier molecular flexibility index (Phi) is 4.67. The number of benzene rings is 2. The quantitative estimate of drug-likeness (QED) is 0.755. The summed E-state index contributed by atoms with van der Waals surface area (Å²) in [6.07, 6.45) is 2.57. The maximum absolute atomic E-state index is 13.1. The van der Waals surface area contributed by atoms with E-state index in [1.807, 2.05) is 54.8 Å². The van der Waals surface area contributed by atoms with Crippen LogP contribution >= 0.6 is 0 Å². The Morgan fingerprint density at radius 1 is 1.18 bits per heavy atom. The summed E-state index contributed by atoms with van der Waals surface area (Å²) in [7, 11) is 0. The van der Waals surface area contributed by atoms with E-state index in [1.54, 1.807) is 6.20 Å². The standard InChI is InChI=1S/C23H24N2O3/c1-4-17-12-25-13-18(23(27)24-11-16-8-5-14(2)6-9-16)22(26)20-15(3)7-10-19(28-17)21(20)25/h5-10,13,17H,4,11-12H2,1-3H3,(H,24,27). The first kappa shape index (κ1) is 18.3. The van der Waals surface area contributed by atoms with E-state index in [0.29, 0.717) is 24.2 Å². The zero-order valence-electron chi connectivity index (χ0n) is 16.4. The summed E-state index contributed by atoms with van der Waals surface area (Å²) < 4.78 is 8.02. The van der Waals surface area contributed by atoms with E-state index < -0.39 is 0 Å². The molecule has 0 spiro atoms. The molecule has 1 amide bonds. The summed E-state index contributed by atoms with van der Waals surface area (Å²) in [6.45, 7) is 7.00. The van der Waals surface area contributed by atoms with E-state index in [1.165, 1.54) is 5.56 Å². The van der Waals surface area contributed by atoms with Crippen LogP contribution in [-0.4, -0.2) is 16.6 Å². The number of nitrogens with one attached hydrogen (secondary N) is 1. The predicted octanol–water partition coefficient (Wildman–Crippen LogP) is 3.72. The number of rotatable bonds is 4. The summed E-state index contributed by atoms with van der Waals surface area (Å²) in [5, 5.41) is 3.45. The van der Waals surface area contributed by atoms with Gasteiger partial charge in [-0.15, -0.1) is 0 Å². The Hall–Kier alpha value is -3.08. The summed E-state index contributed by atoms with van der Waals surface area (Å²) in [6, 6.07) is 11.8. The zero-order valence-corrected chi connectivity index (χ0v) is 16.4. The lowest BCUT2D eigenvalue weighted by atomic mass is 10.0. The van der Waals surface area contributed by atoms with Gasteiger partial charge in [0.25, 0.3) is 5.91 Å². The van der Waals surface area contributed by atoms with E-state index in [4.69, 9.17) is 4.74 Å². The van der Waals surface area contributed by atoms with Crippen molar-refractivity contribution < 1.29 is 9.53 Å². The molecule has 2 aromatic carbocycles. The fourth-order valence-electron chi connectivity index (χ4n) is 3.69. The van der Waals surface area contributed by atoms with Crippen molar-refractivity contribution in [3.05, 3.63) is 75.1 Å². The van der Waals surface area contributed by atoms with Crippen molar-refractivity contribution in [3.63, 3.8) is 0 Å². The monoisotopic (exact) mass is 376 g/mol. The molecule has 1 atom stereocenters. The first-order chi connectivity index (χ1) is 13.5. The highest BCUT2D eigenvalue weighted by Gasteiger charge is 2.25. The van der Waals surface area contributed by atoms with Crippen LogP contribution in [0.3, 0.4) is 0 Å². The van der Waals surface area contributed by atoms with Gasteiger partial charge in [0, 0.05) is 12.7 Å². The van der Waals surface area contributed by atoms with Crippen LogP contribution in [0.5, 0.6) is 5.75 Å². The molecule has 1 N–H and O–H groups in total. The van der Waals surface area contributed by atoms with E-state index in [-0.39, 0.29) is 23.0 Å². The number of amides is 1. The molecule has 0 radical (unpaired) electrons. The maximum atomic E-state index is 13.1. The fourth-order valence-corrected chi connectivity index (χ4v) is 3.69.